The predicted octanol–water partition coefficient (Wildman–Crippen LogP) is 1.83. The number of nitrogens with zero attached hydrogens (tertiary/aromatic N) is 1. The number of imide groups is 1. The fourth-order valence-corrected chi connectivity index (χ4v) is 3.38. The largest absolute Gasteiger partial charge is 0.361 e. The third-order valence-corrected chi connectivity index (χ3v) is 5.04. The molecule has 1 atom stereocenters. The molecular formula is C19H21FN4O3. The Bertz CT molecular complexity index is 905. The molecule has 1 saturated heterocycles. The first-order valence-electron chi connectivity index (χ1n) is 9.18. The molecule has 7 nitrogen and oxygen atoms in total. The van der Waals surface area contributed by atoms with Crippen LogP contribution in [0.4, 0.5) is 9.18 Å². The van der Waals surface area contributed by atoms with Gasteiger partial charge in [0, 0.05) is 36.1 Å². The van der Waals surface area contributed by atoms with Gasteiger partial charge in [-0.05, 0) is 49.4 Å². The molecule has 4 rings (SSSR count). The average molecular weight is 372 g/mol. The zero-order valence-electron chi connectivity index (χ0n) is 14.8. The molecule has 1 aromatic heterocycles. The van der Waals surface area contributed by atoms with Crippen molar-refractivity contribution < 1.29 is 18.8 Å². The average Bonchev–Trinajstić information content (AvgIpc) is 3.30. The van der Waals surface area contributed by atoms with Gasteiger partial charge < -0.3 is 15.6 Å². The van der Waals surface area contributed by atoms with Gasteiger partial charge in [-0.25, -0.2) is 9.18 Å². The molecule has 2 fully saturated rings. The minimum absolute atomic E-state index is 0.0844. The van der Waals surface area contributed by atoms with Crippen molar-refractivity contribution in [3.8, 4) is 0 Å². The summed E-state index contributed by atoms with van der Waals surface area (Å²) in [5, 5.41) is 6.26. The summed E-state index contributed by atoms with van der Waals surface area (Å²) in [6.45, 7) is 0.207. The number of nitrogens with one attached hydrogen (secondary N) is 3. The van der Waals surface area contributed by atoms with Gasteiger partial charge in [-0.3, -0.25) is 14.5 Å². The summed E-state index contributed by atoms with van der Waals surface area (Å²) >= 11 is 0. The Labute approximate surface area is 155 Å². The van der Waals surface area contributed by atoms with Crippen LogP contribution in [0.2, 0.25) is 0 Å². The SMILES string of the molecule is O=C(CC[C@@H]1NC(=O)N(CCc2c[nH]c3ccc(F)cc23)C1=O)NC1CC1. The molecule has 0 spiro atoms. The minimum Gasteiger partial charge on any atom is -0.361 e. The van der Waals surface area contributed by atoms with Crippen LogP contribution < -0.4 is 10.6 Å². The summed E-state index contributed by atoms with van der Waals surface area (Å²) < 4.78 is 13.5. The summed E-state index contributed by atoms with van der Waals surface area (Å²) in [5.74, 6) is -0.730. The molecule has 27 heavy (non-hydrogen) atoms. The van der Waals surface area contributed by atoms with Crippen molar-refractivity contribution in [2.45, 2.75) is 44.2 Å². The first-order chi connectivity index (χ1) is 13.0. The van der Waals surface area contributed by atoms with Crippen LogP contribution in [0.25, 0.3) is 10.9 Å². The lowest BCUT2D eigenvalue weighted by atomic mass is 10.1. The summed E-state index contributed by atoms with van der Waals surface area (Å²) in [7, 11) is 0. The number of halogens is 1. The maximum Gasteiger partial charge on any atom is 0.324 e. The predicted molar refractivity (Wildman–Crippen MR) is 96.4 cm³/mol. The summed E-state index contributed by atoms with van der Waals surface area (Å²) in [6, 6.07) is 3.65. The van der Waals surface area contributed by atoms with E-state index in [-0.39, 0.29) is 43.1 Å². The van der Waals surface area contributed by atoms with Gasteiger partial charge in [0.2, 0.25) is 5.91 Å². The van der Waals surface area contributed by atoms with Crippen molar-refractivity contribution in [3.05, 3.63) is 35.8 Å². The zero-order chi connectivity index (χ0) is 19.0. The molecule has 0 radical (unpaired) electrons. The second-order valence-electron chi connectivity index (χ2n) is 7.13. The van der Waals surface area contributed by atoms with Gasteiger partial charge in [-0.1, -0.05) is 0 Å². The molecular weight excluding hydrogens is 351 g/mol. The van der Waals surface area contributed by atoms with Crippen molar-refractivity contribution in [3.63, 3.8) is 0 Å². The number of carbonyl (C=O) groups excluding carboxylic acids is 3. The van der Waals surface area contributed by atoms with E-state index in [1.807, 2.05) is 0 Å². The number of hydrogen-bond acceptors (Lipinski definition) is 3. The molecule has 2 aliphatic rings. The molecule has 8 heteroatoms. The van der Waals surface area contributed by atoms with Gasteiger partial charge in [0.15, 0.2) is 0 Å². The molecule has 1 aliphatic heterocycles. The van der Waals surface area contributed by atoms with Crippen LogP contribution in [-0.4, -0.2) is 46.4 Å². The molecule has 0 bridgehead atoms. The standard InChI is InChI=1S/C19H21FN4O3/c20-12-1-4-15-14(9-12)11(10-21-15)7-8-24-18(26)16(23-19(24)27)5-6-17(25)22-13-2-3-13/h1,4,9-10,13,16,21H,2-3,5-8H2,(H,22,25)(H,23,27)/t16-/m0/s1. The second-order valence-corrected chi connectivity index (χ2v) is 7.13. The van der Waals surface area contributed by atoms with E-state index >= 15 is 0 Å². The lowest BCUT2D eigenvalue weighted by Gasteiger charge is -2.12. The number of amides is 4. The van der Waals surface area contributed by atoms with E-state index in [9.17, 15) is 18.8 Å². The monoisotopic (exact) mass is 372 g/mol. The van der Waals surface area contributed by atoms with Crippen molar-refractivity contribution in [2.24, 2.45) is 0 Å². The van der Waals surface area contributed by atoms with Gasteiger partial charge in [0.05, 0.1) is 0 Å². The minimum atomic E-state index is -0.664. The van der Waals surface area contributed by atoms with Crippen molar-refractivity contribution in [1.82, 2.24) is 20.5 Å². The molecule has 1 saturated carbocycles. The smallest absolute Gasteiger partial charge is 0.324 e. The number of aromatic nitrogens is 1. The lowest BCUT2D eigenvalue weighted by molar-refractivity contribution is -0.127. The summed E-state index contributed by atoms with van der Waals surface area (Å²) in [5.41, 5.74) is 1.65. The first kappa shape index (κ1) is 17.5. The highest BCUT2D eigenvalue weighted by atomic mass is 19.1. The maximum atomic E-state index is 13.5. The number of benzene rings is 1. The summed E-state index contributed by atoms with van der Waals surface area (Å²) in [6.07, 6.45) is 4.72. The summed E-state index contributed by atoms with van der Waals surface area (Å²) in [4.78, 5) is 40.6. The van der Waals surface area contributed by atoms with Gasteiger partial charge in [-0.2, -0.15) is 0 Å². The highest BCUT2D eigenvalue weighted by Gasteiger charge is 2.37. The van der Waals surface area contributed by atoms with E-state index in [4.69, 9.17) is 0 Å². The lowest BCUT2D eigenvalue weighted by Crippen LogP contribution is -2.34. The molecule has 1 aromatic carbocycles. The van der Waals surface area contributed by atoms with Crippen LogP contribution in [0.1, 0.15) is 31.2 Å². The first-order valence-corrected chi connectivity index (χ1v) is 9.18. The molecule has 0 unspecified atom stereocenters. The molecule has 4 amide bonds. The van der Waals surface area contributed by atoms with Crippen LogP contribution in [0.15, 0.2) is 24.4 Å². The zero-order valence-corrected chi connectivity index (χ0v) is 14.8. The normalized spacial score (nSPS) is 19.6. The highest BCUT2D eigenvalue weighted by molar-refractivity contribution is 6.04. The number of hydrogen-bond donors (Lipinski definition) is 3. The van der Waals surface area contributed by atoms with E-state index < -0.39 is 12.1 Å². The molecule has 1 aliphatic carbocycles. The topological polar surface area (TPSA) is 94.3 Å². The Kier molecular flexibility index (Phi) is 4.55. The Morgan fingerprint density at radius 3 is 2.89 bits per heavy atom. The van der Waals surface area contributed by atoms with Gasteiger partial charge >= 0.3 is 6.03 Å². The number of urea groups is 1. The van der Waals surface area contributed by atoms with E-state index in [2.05, 4.69) is 15.6 Å². The molecule has 3 N–H and O–H groups in total. The van der Waals surface area contributed by atoms with Gasteiger partial charge in [0.25, 0.3) is 5.91 Å². The Morgan fingerprint density at radius 2 is 2.11 bits per heavy atom. The van der Waals surface area contributed by atoms with Crippen LogP contribution in [0, 0.1) is 5.82 Å². The molecule has 2 aromatic rings. The third kappa shape index (κ3) is 3.79. The second kappa shape index (κ2) is 7.02. The Morgan fingerprint density at radius 1 is 1.30 bits per heavy atom. The fraction of sp³-hybridized carbons (Fsp3) is 0.421. The van der Waals surface area contributed by atoms with Crippen LogP contribution >= 0.6 is 0 Å². The van der Waals surface area contributed by atoms with E-state index in [0.717, 1.165) is 29.3 Å². The fourth-order valence-electron chi connectivity index (χ4n) is 3.38. The quantitative estimate of drug-likeness (QED) is 0.647. The number of H-pyrrole nitrogens is 1. The maximum absolute atomic E-state index is 13.5. The van der Waals surface area contributed by atoms with E-state index in [1.54, 1.807) is 12.3 Å². The molecule has 142 valence electrons. The highest BCUT2D eigenvalue weighted by Crippen LogP contribution is 2.21. The number of aromatic amines is 1. The Hall–Kier alpha value is -2.90. The number of carbonyl (C=O) groups is 3. The van der Waals surface area contributed by atoms with E-state index in [1.165, 1.54) is 17.0 Å². The van der Waals surface area contributed by atoms with Crippen molar-refractivity contribution in [1.29, 1.82) is 0 Å². The van der Waals surface area contributed by atoms with Crippen molar-refractivity contribution in [2.75, 3.05) is 6.54 Å². The third-order valence-electron chi connectivity index (χ3n) is 5.04. The van der Waals surface area contributed by atoms with Crippen LogP contribution in [0.5, 0.6) is 0 Å². The van der Waals surface area contributed by atoms with Gasteiger partial charge in [-0.15, -0.1) is 0 Å². The number of fused-ring (bicyclic) bond motifs is 1. The Balaban J connectivity index is 1.34. The number of rotatable bonds is 7. The van der Waals surface area contributed by atoms with E-state index in [0.29, 0.717) is 6.42 Å². The van der Waals surface area contributed by atoms with Crippen LogP contribution in [-0.2, 0) is 16.0 Å². The van der Waals surface area contributed by atoms with Crippen molar-refractivity contribution >= 4 is 28.7 Å². The van der Waals surface area contributed by atoms with Crippen LogP contribution in [0.3, 0.4) is 0 Å². The van der Waals surface area contributed by atoms with Gasteiger partial charge in [0.1, 0.15) is 11.9 Å². The molecule has 2 heterocycles.